The van der Waals surface area contributed by atoms with Crippen molar-refractivity contribution in [1.82, 2.24) is 9.88 Å². The summed E-state index contributed by atoms with van der Waals surface area (Å²) in [5.41, 5.74) is 0.962. The average Bonchev–Trinajstić information content (AvgIpc) is 3.27. The molecule has 0 spiro atoms. The molecule has 4 rings (SSSR count). The molecule has 3 aromatic rings. The SMILES string of the molecule is O=C(COc1ccccc1F)N1CCCC1c1nc2ccccc2s1. The maximum Gasteiger partial charge on any atom is 0.261 e. The Morgan fingerprint density at radius 2 is 2.04 bits per heavy atom. The van der Waals surface area contributed by atoms with Crippen LogP contribution in [0.2, 0.25) is 0 Å². The van der Waals surface area contributed by atoms with E-state index in [-0.39, 0.29) is 24.3 Å². The number of aromatic nitrogens is 1. The van der Waals surface area contributed by atoms with Crippen molar-refractivity contribution in [2.75, 3.05) is 13.2 Å². The summed E-state index contributed by atoms with van der Waals surface area (Å²) >= 11 is 1.63. The molecule has 4 nitrogen and oxygen atoms in total. The van der Waals surface area contributed by atoms with Gasteiger partial charge in [-0.1, -0.05) is 24.3 Å². The number of nitrogens with zero attached hydrogens (tertiary/aromatic N) is 2. The number of ether oxygens (including phenoxy) is 1. The van der Waals surface area contributed by atoms with Gasteiger partial charge in [0.05, 0.1) is 16.3 Å². The summed E-state index contributed by atoms with van der Waals surface area (Å²) in [6.07, 6.45) is 1.83. The second-order valence-corrected chi connectivity index (χ2v) is 7.05. The molecule has 2 aromatic carbocycles. The van der Waals surface area contributed by atoms with E-state index in [2.05, 4.69) is 4.98 Å². The van der Waals surface area contributed by atoms with Crippen molar-refractivity contribution in [3.8, 4) is 5.75 Å². The fourth-order valence-electron chi connectivity index (χ4n) is 3.14. The molecule has 1 unspecified atom stereocenters. The van der Waals surface area contributed by atoms with E-state index in [1.54, 1.807) is 28.4 Å². The van der Waals surface area contributed by atoms with Gasteiger partial charge in [0.25, 0.3) is 5.91 Å². The summed E-state index contributed by atoms with van der Waals surface area (Å²) in [7, 11) is 0. The Morgan fingerprint density at radius 1 is 1.24 bits per heavy atom. The van der Waals surface area contributed by atoms with Gasteiger partial charge in [-0.15, -0.1) is 11.3 Å². The Bertz CT molecular complexity index is 878. The first-order valence-corrected chi connectivity index (χ1v) is 9.06. The van der Waals surface area contributed by atoms with Crippen LogP contribution in [0.1, 0.15) is 23.9 Å². The molecular weight excluding hydrogens is 339 g/mol. The molecule has 0 N–H and O–H groups in total. The van der Waals surface area contributed by atoms with Crippen molar-refractivity contribution in [1.29, 1.82) is 0 Å². The second kappa shape index (κ2) is 6.80. The smallest absolute Gasteiger partial charge is 0.261 e. The molecule has 1 aliphatic rings. The van der Waals surface area contributed by atoms with Crippen LogP contribution in [0.3, 0.4) is 0 Å². The van der Waals surface area contributed by atoms with Crippen LogP contribution in [0, 0.1) is 5.82 Å². The van der Waals surface area contributed by atoms with Gasteiger partial charge in [0.1, 0.15) is 5.01 Å². The number of hydrogen-bond acceptors (Lipinski definition) is 4. The largest absolute Gasteiger partial charge is 0.481 e. The monoisotopic (exact) mass is 356 g/mol. The maximum atomic E-state index is 13.6. The molecule has 0 saturated carbocycles. The summed E-state index contributed by atoms with van der Waals surface area (Å²) < 4.78 is 20.1. The molecule has 1 atom stereocenters. The minimum Gasteiger partial charge on any atom is -0.481 e. The lowest BCUT2D eigenvalue weighted by Crippen LogP contribution is -2.34. The number of para-hydroxylation sites is 2. The van der Waals surface area contributed by atoms with Gasteiger partial charge in [0.2, 0.25) is 0 Å². The first-order chi connectivity index (χ1) is 12.2. The van der Waals surface area contributed by atoms with E-state index >= 15 is 0 Å². The number of thiazole rings is 1. The Hall–Kier alpha value is -2.47. The van der Waals surface area contributed by atoms with Crippen molar-refractivity contribution >= 4 is 27.5 Å². The minimum absolute atomic E-state index is 0.0193. The fraction of sp³-hybridized carbons (Fsp3) is 0.263. The van der Waals surface area contributed by atoms with Gasteiger partial charge in [0.15, 0.2) is 18.2 Å². The van der Waals surface area contributed by atoms with Gasteiger partial charge >= 0.3 is 0 Å². The van der Waals surface area contributed by atoms with Crippen molar-refractivity contribution in [2.24, 2.45) is 0 Å². The number of carbonyl (C=O) groups is 1. The molecule has 128 valence electrons. The lowest BCUT2D eigenvalue weighted by molar-refractivity contribution is -0.134. The van der Waals surface area contributed by atoms with Crippen LogP contribution >= 0.6 is 11.3 Å². The highest BCUT2D eigenvalue weighted by Crippen LogP contribution is 2.36. The molecule has 1 aliphatic heterocycles. The third kappa shape index (κ3) is 3.22. The number of likely N-dealkylation sites (tertiary alicyclic amines) is 1. The zero-order valence-corrected chi connectivity index (χ0v) is 14.3. The minimum atomic E-state index is -0.459. The molecule has 1 aromatic heterocycles. The van der Waals surface area contributed by atoms with Gasteiger partial charge in [-0.05, 0) is 37.1 Å². The topological polar surface area (TPSA) is 42.4 Å². The van der Waals surface area contributed by atoms with E-state index in [0.29, 0.717) is 6.54 Å². The van der Waals surface area contributed by atoms with E-state index in [1.165, 1.54) is 12.1 Å². The number of hydrogen-bond donors (Lipinski definition) is 0. The van der Waals surface area contributed by atoms with Crippen molar-refractivity contribution in [3.63, 3.8) is 0 Å². The molecule has 2 heterocycles. The lowest BCUT2D eigenvalue weighted by atomic mass is 10.2. The summed E-state index contributed by atoms with van der Waals surface area (Å²) in [6.45, 7) is 0.516. The Morgan fingerprint density at radius 3 is 2.88 bits per heavy atom. The quantitative estimate of drug-likeness (QED) is 0.704. The van der Waals surface area contributed by atoms with E-state index < -0.39 is 5.82 Å². The molecule has 0 radical (unpaired) electrons. The summed E-state index contributed by atoms with van der Waals surface area (Å²) in [6, 6.07) is 14.1. The van der Waals surface area contributed by atoms with Gasteiger partial charge in [-0.2, -0.15) is 0 Å². The first-order valence-electron chi connectivity index (χ1n) is 8.24. The predicted octanol–water partition coefficient (Wildman–Crippen LogP) is 4.18. The zero-order chi connectivity index (χ0) is 17.2. The molecular formula is C19H17FN2O2S. The van der Waals surface area contributed by atoms with Crippen LogP contribution in [0.4, 0.5) is 4.39 Å². The third-order valence-corrected chi connectivity index (χ3v) is 5.49. The molecule has 1 amide bonds. The third-order valence-electron chi connectivity index (χ3n) is 4.36. The molecule has 1 saturated heterocycles. The van der Waals surface area contributed by atoms with Crippen molar-refractivity contribution in [2.45, 2.75) is 18.9 Å². The van der Waals surface area contributed by atoms with Crippen LogP contribution in [0.25, 0.3) is 10.2 Å². The van der Waals surface area contributed by atoms with Crippen molar-refractivity contribution < 1.29 is 13.9 Å². The number of rotatable bonds is 4. The Balaban J connectivity index is 1.49. The molecule has 0 bridgehead atoms. The standard InChI is InChI=1S/C19H17FN2O2S/c20-13-6-1-3-9-16(13)24-12-18(23)22-11-5-8-15(22)19-21-14-7-2-4-10-17(14)25-19/h1-4,6-7,9-10,15H,5,8,11-12H2. The second-order valence-electron chi connectivity index (χ2n) is 5.98. The fourth-order valence-corrected chi connectivity index (χ4v) is 4.25. The van der Waals surface area contributed by atoms with Crippen LogP contribution in [-0.2, 0) is 4.79 Å². The Labute approximate surface area is 148 Å². The van der Waals surface area contributed by atoms with E-state index in [1.807, 2.05) is 24.3 Å². The van der Waals surface area contributed by atoms with Crippen LogP contribution in [0.5, 0.6) is 5.75 Å². The number of fused-ring (bicyclic) bond motifs is 1. The maximum absolute atomic E-state index is 13.6. The van der Waals surface area contributed by atoms with Crippen LogP contribution < -0.4 is 4.74 Å². The van der Waals surface area contributed by atoms with Crippen molar-refractivity contribution in [3.05, 3.63) is 59.4 Å². The zero-order valence-electron chi connectivity index (χ0n) is 13.5. The average molecular weight is 356 g/mol. The van der Waals surface area contributed by atoms with Crippen LogP contribution in [0.15, 0.2) is 48.5 Å². The van der Waals surface area contributed by atoms with Crippen LogP contribution in [-0.4, -0.2) is 28.9 Å². The highest BCUT2D eigenvalue weighted by molar-refractivity contribution is 7.18. The number of halogens is 1. The van der Waals surface area contributed by atoms with E-state index in [4.69, 9.17) is 4.74 Å². The highest BCUT2D eigenvalue weighted by Gasteiger charge is 2.32. The van der Waals surface area contributed by atoms with E-state index in [0.717, 1.165) is 28.1 Å². The molecule has 1 fully saturated rings. The normalized spacial score (nSPS) is 17.2. The lowest BCUT2D eigenvalue weighted by Gasteiger charge is -2.23. The van der Waals surface area contributed by atoms with Gasteiger partial charge in [0, 0.05) is 6.54 Å². The molecule has 0 aliphatic carbocycles. The number of carbonyl (C=O) groups excluding carboxylic acids is 1. The predicted molar refractivity (Wildman–Crippen MR) is 95.2 cm³/mol. The van der Waals surface area contributed by atoms with Gasteiger partial charge in [-0.3, -0.25) is 4.79 Å². The molecule has 25 heavy (non-hydrogen) atoms. The number of benzene rings is 2. The summed E-state index contributed by atoms with van der Waals surface area (Å²) in [5, 5.41) is 0.956. The number of amides is 1. The van der Waals surface area contributed by atoms with E-state index in [9.17, 15) is 9.18 Å². The Kier molecular flexibility index (Phi) is 4.36. The molecule has 6 heteroatoms. The summed E-state index contributed by atoms with van der Waals surface area (Å²) in [5.74, 6) is -0.490. The highest BCUT2D eigenvalue weighted by atomic mass is 32.1. The summed E-state index contributed by atoms with van der Waals surface area (Å²) in [4.78, 5) is 19.1. The van der Waals surface area contributed by atoms with Gasteiger partial charge in [-0.25, -0.2) is 9.37 Å². The van der Waals surface area contributed by atoms with Gasteiger partial charge < -0.3 is 9.64 Å². The first kappa shape index (κ1) is 16.0.